The van der Waals surface area contributed by atoms with Crippen LogP contribution in [0.15, 0.2) is 55.3 Å². The highest BCUT2D eigenvalue weighted by molar-refractivity contribution is 6.30. The number of rotatable bonds is 7. The number of hydrogen-bond acceptors (Lipinski definition) is 3. The minimum Gasteiger partial charge on any atom is -0.323 e. The predicted molar refractivity (Wildman–Crippen MR) is 121 cm³/mol. The predicted octanol–water partition coefficient (Wildman–Crippen LogP) is 6.01. The molecule has 0 bridgehead atoms. The molecular formula is C24H26Cl2N2O2. The third-order valence-electron chi connectivity index (χ3n) is 5.96. The van der Waals surface area contributed by atoms with Crippen LogP contribution in [0.2, 0.25) is 10.0 Å². The third-order valence-corrected chi connectivity index (χ3v) is 6.42. The van der Waals surface area contributed by atoms with Gasteiger partial charge >= 0.3 is 0 Å². The molecule has 4 nitrogen and oxygen atoms in total. The van der Waals surface area contributed by atoms with Crippen LogP contribution < -0.4 is 0 Å². The van der Waals surface area contributed by atoms with Crippen molar-refractivity contribution in [3.8, 4) is 0 Å². The number of piperidine rings is 1. The second kappa shape index (κ2) is 9.32. The first-order chi connectivity index (χ1) is 14.3. The van der Waals surface area contributed by atoms with Gasteiger partial charge in [0.15, 0.2) is 0 Å². The average molecular weight is 445 g/mol. The van der Waals surface area contributed by atoms with Crippen molar-refractivity contribution < 1.29 is 9.59 Å². The summed E-state index contributed by atoms with van der Waals surface area (Å²) in [6.07, 6.45) is 5.84. The van der Waals surface area contributed by atoms with Crippen molar-refractivity contribution in [2.75, 3.05) is 0 Å². The Kier molecular flexibility index (Phi) is 6.99. The van der Waals surface area contributed by atoms with Gasteiger partial charge in [0, 0.05) is 17.1 Å². The summed E-state index contributed by atoms with van der Waals surface area (Å²) in [6.45, 7) is 7.71. The molecule has 1 aliphatic heterocycles. The number of amides is 1. The number of carbonyl (C=O) groups is 2. The van der Waals surface area contributed by atoms with Crippen molar-refractivity contribution >= 4 is 35.4 Å². The largest absolute Gasteiger partial charge is 0.323 e. The third kappa shape index (κ3) is 4.30. The number of hydrogen-bond donors (Lipinski definition) is 0. The standard InChI is InChI=1S/C24H26Cl2N2O2/c1-4-11-24(3)13-20(16-7-6-8-17(25)12-16)22(21-10-9-18(26)14-27-21)28(23(24)30)19(5-2)15-29/h4,6-10,12,14-15,19-20,22H,1,5,11,13H2,2-3H3/t19-,20+,22-,24-/m0/s1. The lowest BCUT2D eigenvalue weighted by Gasteiger charge is -2.50. The zero-order valence-electron chi connectivity index (χ0n) is 17.2. The molecule has 0 unspecified atom stereocenters. The molecule has 0 N–H and O–H groups in total. The minimum atomic E-state index is -0.673. The molecule has 0 spiro atoms. The number of carbonyl (C=O) groups excluding carboxylic acids is 2. The summed E-state index contributed by atoms with van der Waals surface area (Å²) in [5.41, 5.74) is 1.05. The number of halogens is 2. The molecule has 1 amide bonds. The Labute approximate surface area is 187 Å². The molecule has 30 heavy (non-hydrogen) atoms. The van der Waals surface area contributed by atoms with E-state index in [-0.39, 0.29) is 11.8 Å². The van der Waals surface area contributed by atoms with Crippen LogP contribution in [0.1, 0.15) is 56.3 Å². The lowest BCUT2D eigenvalue weighted by atomic mass is 9.67. The smallest absolute Gasteiger partial charge is 0.230 e. The first kappa shape index (κ1) is 22.5. The Morgan fingerprint density at radius 2 is 2.07 bits per heavy atom. The summed E-state index contributed by atoms with van der Waals surface area (Å²) >= 11 is 12.4. The van der Waals surface area contributed by atoms with Gasteiger partial charge in [0.1, 0.15) is 6.29 Å². The van der Waals surface area contributed by atoms with E-state index in [1.165, 1.54) is 0 Å². The fourth-order valence-corrected chi connectivity index (χ4v) is 4.78. The number of allylic oxidation sites excluding steroid dienone is 1. The van der Waals surface area contributed by atoms with Crippen LogP contribution in [0.5, 0.6) is 0 Å². The van der Waals surface area contributed by atoms with Crippen LogP contribution in [0.3, 0.4) is 0 Å². The molecule has 1 saturated heterocycles. The van der Waals surface area contributed by atoms with E-state index in [0.29, 0.717) is 35.0 Å². The van der Waals surface area contributed by atoms with E-state index < -0.39 is 17.5 Å². The number of aldehydes is 1. The molecule has 158 valence electrons. The Morgan fingerprint density at radius 1 is 1.30 bits per heavy atom. The van der Waals surface area contributed by atoms with E-state index in [1.807, 2.05) is 44.2 Å². The Balaban J connectivity index is 2.23. The van der Waals surface area contributed by atoms with Gasteiger partial charge in [-0.3, -0.25) is 9.78 Å². The molecule has 4 atom stereocenters. The van der Waals surface area contributed by atoms with Crippen molar-refractivity contribution in [3.05, 3.63) is 76.6 Å². The number of aromatic nitrogens is 1. The van der Waals surface area contributed by atoms with Crippen LogP contribution in [0.25, 0.3) is 0 Å². The molecule has 3 rings (SSSR count). The Hall–Kier alpha value is -2.17. The summed E-state index contributed by atoms with van der Waals surface area (Å²) in [5, 5.41) is 1.15. The summed E-state index contributed by atoms with van der Waals surface area (Å²) < 4.78 is 0. The van der Waals surface area contributed by atoms with Gasteiger partial charge in [-0.15, -0.1) is 6.58 Å². The molecular weight excluding hydrogens is 419 g/mol. The van der Waals surface area contributed by atoms with E-state index >= 15 is 0 Å². The van der Waals surface area contributed by atoms with Gasteiger partial charge in [-0.05, 0) is 49.1 Å². The molecule has 0 radical (unpaired) electrons. The normalized spacial score (nSPS) is 25.1. The Morgan fingerprint density at radius 3 is 2.63 bits per heavy atom. The maximum absolute atomic E-state index is 13.7. The van der Waals surface area contributed by atoms with Crippen molar-refractivity contribution in [1.82, 2.24) is 9.88 Å². The highest BCUT2D eigenvalue weighted by Crippen LogP contribution is 2.51. The summed E-state index contributed by atoms with van der Waals surface area (Å²) in [7, 11) is 0. The molecule has 1 aromatic heterocycles. The second-order valence-corrected chi connectivity index (χ2v) is 8.96. The second-order valence-electron chi connectivity index (χ2n) is 8.09. The first-order valence-corrected chi connectivity index (χ1v) is 10.9. The van der Waals surface area contributed by atoms with Gasteiger partial charge in [-0.1, -0.05) is 55.3 Å². The van der Waals surface area contributed by atoms with E-state index in [4.69, 9.17) is 23.2 Å². The van der Waals surface area contributed by atoms with Crippen LogP contribution in [-0.2, 0) is 9.59 Å². The van der Waals surface area contributed by atoms with Crippen LogP contribution in [-0.4, -0.2) is 28.1 Å². The molecule has 0 aliphatic carbocycles. The molecule has 0 saturated carbocycles. The highest BCUT2D eigenvalue weighted by atomic mass is 35.5. The van der Waals surface area contributed by atoms with E-state index in [0.717, 1.165) is 11.8 Å². The molecule has 1 fully saturated rings. The zero-order valence-corrected chi connectivity index (χ0v) is 18.7. The maximum atomic E-state index is 13.7. The molecule has 2 heterocycles. The molecule has 1 aliphatic rings. The van der Waals surface area contributed by atoms with Gasteiger partial charge in [0.2, 0.25) is 5.91 Å². The number of pyridine rings is 1. The van der Waals surface area contributed by atoms with Crippen molar-refractivity contribution in [3.63, 3.8) is 0 Å². The summed E-state index contributed by atoms with van der Waals surface area (Å²) in [5.74, 6) is -0.143. The minimum absolute atomic E-state index is 0.0543. The van der Waals surface area contributed by atoms with Gasteiger partial charge in [0.05, 0.1) is 28.2 Å². The fourth-order valence-electron chi connectivity index (χ4n) is 4.47. The molecule has 1 aromatic carbocycles. The first-order valence-electron chi connectivity index (χ1n) is 10.1. The lowest BCUT2D eigenvalue weighted by molar-refractivity contribution is -0.156. The van der Waals surface area contributed by atoms with Crippen molar-refractivity contribution in [2.24, 2.45) is 5.41 Å². The van der Waals surface area contributed by atoms with Crippen LogP contribution in [0, 0.1) is 5.41 Å². The fraction of sp³-hybridized carbons (Fsp3) is 0.375. The maximum Gasteiger partial charge on any atom is 0.230 e. The molecule has 2 aromatic rings. The average Bonchev–Trinajstić information content (AvgIpc) is 2.73. The van der Waals surface area contributed by atoms with Gasteiger partial charge < -0.3 is 9.69 Å². The quantitative estimate of drug-likeness (QED) is 0.388. The van der Waals surface area contributed by atoms with E-state index in [2.05, 4.69) is 11.6 Å². The van der Waals surface area contributed by atoms with Gasteiger partial charge in [-0.25, -0.2) is 0 Å². The topological polar surface area (TPSA) is 50.3 Å². The van der Waals surface area contributed by atoms with Crippen molar-refractivity contribution in [1.29, 1.82) is 0 Å². The van der Waals surface area contributed by atoms with Crippen LogP contribution in [0.4, 0.5) is 0 Å². The summed E-state index contributed by atoms with van der Waals surface area (Å²) in [6, 6.07) is 10.3. The monoisotopic (exact) mass is 444 g/mol. The van der Waals surface area contributed by atoms with Gasteiger partial charge in [-0.2, -0.15) is 0 Å². The van der Waals surface area contributed by atoms with Crippen molar-refractivity contribution in [2.45, 2.75) is 51.1 Å². The number of nitrogens with zero attached hydrogens (tertiary/aromatic N) is 2. The Bertz CT molecular complexity index is 931. The summed E-state index contributed by atoms with van der Waals surface area (Å²) in [4.78, 5) is 32.0. The van der Waals surface area contributed by atoms with E-state index in [1.54, 1.807) is 23.2 Å². The molecule has 6 heteroatoms. The lowest BCUT2D eigenvalue weighted by Crippen LogP contribution is -2.56. The van der Waals surface area contributed by atoms with Gasteiger partial charge in [0.25, 0.3) is 0 Å². The number of benzene rings is 1. The number of likely N-dealkylation sites (tertiary alicyclic amines) is 1. The highest BCUT2D eigenvalue weighted by Gasteiger charge is 2.51. The zero-order chi connectivity index (χ0) is 21.9. The van der Waals surface area contributed by atoms with Crippen LogP contribution >= 0.6 is 23.2 Å². The SMILES string of the molecule is C=CC[C@@]1(C)C[C@H](c2cccc(Cl)c2)[C@@H](c2ccc(Cl)cn2)N([C@H](C=O)CC)C1=O. The van der Waals surface area contributed by atoms with E-state index in [9.17, 15) is 9.59 Å².